The van der Waals surface area contributed by atoms with Gasteiger partial charge in [-0.1, -0.05) is 54.6 Å². The van der Waals surface area contributed by atoms with E-state index in [0.29, 0.717) is 5.75 Å². The molecule has 0 spiro atoms. The lowest BCUT2D eigenvalue weighted by atomic mass is 10.1. The predicted octanol–water partition coefficient (Wildman–Crippen LogP) is 3.87. The molecule has 2 aromatic carbocycles. The van der Waals surface area contributed by atoms with Crippen LogP contribution in [0.3, 0.4) is 0 Å². The number of hydrogen-bond donors (Lipinski definition) is 1. The molecule has 1 nitrogen and oxygen atoms in total. The smallest absolute Gasteiger partial charge is 0.122 e. The van der Waals surface area contributed by atoms with Crippen LogP contribution in [0, 0.1) is 6.92 Å². The normalized spacial score (nSPS) is 10.8. The maximum absolute atomic E-state index is 9.61. The van der Waals surface area contributed by atoms with Gasteiger partial charge in [0, 0.05) is 5.56 Å². The lowest BCUT2D eigenvalue weighted by Crippen LogP contribution is -1.78. The predicted molar refractivity (Wildman–Crippen MR) is 68.2 cm³/mol. The maximum atomic E-state index is 9.61. The Labute approximate surface area is 95.7 Å². The number of rotatable bonds is 2. The zero-order valence-electron chi connectivity index (χ0n) is 9.22. The molecule has 1 N–H and O–H groups in total. The highest BCUT2D eigenvalue weighted by Crippen LogP contribution is 2.19. The van der Waals surface area contributed by atoms with Crippen LogP contribution < -0.4 is 0 Å². The fraction of sp³-hybridized carbons (Fsp3) is 0.0667. The van der Waals surface area contributed by atoms with Crippen molar-refractivity contribution in [1.29, 1.82) is 0 Å². The second-order valence-electron chi connectivity index (χ2n) is 3.75. The lowest BCUT2D eigenvalue weighted by molar-refractivity contribution is 0.474. The van der Waals surface area contributed by atoms with Gasteiger partial charge in [-0.25, -0.2) is 0 Å². The Morgan fingerprint density at radius 3 is 2.06 bits per heavy atom. The van der Waals surface area contributed by atoms with Crippen LogP contribution in [0.5, 0.6) is 5.75 Å². The molecule has 0 heterocycles. The van der Waals surface area contributed by atoms with Crippen LogP contribution in [-0.4, -0.2) is 5.11 Å². The van der Waals surface area contributed by atoms with E-state index in [2.05, 4.69) is 19.1 Å². The topological polar surface area (TPSA) is 20.2 Å². The molecule has 0 saturated heterocycles. The Morgan fingerprint density at radius 2 is 1.38 bits per heavy atom. The first kappa shape index (κ1) is 10.5. The van der Waals surface area contributed by atoms with Crippen LogP contribution in [0.15, 0.2) is 48.5 Å². The van der Waals surface area contributed by atoms with Crippen molar-refractivity contribution in [3.05, 3.63) is 65.2 Å². The SMILES string of the molecule is Cc1ccccc1/C=C/c1ccccc1O. The van der Waals surface area contributed by atoms with E-state index in [9.17, 15) is 5.11 Å². The molecule has 0 saturated carbocycles. The highest BCUT2D eigenvalue weighted by atomic mass is 16.3. The fourth-order valence-electron chi connectivity index (χ4n) is 1.58. The van der Waals surface area contributed by atoms with Gasteiger partial charge in [0.15, 0.2) is 0 Å². The van der Waals surface area contributed by atoms with Crippen LogP contribution in [0.25, 0.3) is 12.2 Å². The summed E-state index contributed by atoms with van der Waals surface area (Å²) < 4.78 is 0. The Kier molecular flexibility index (Phi) is 3.06. The Balaban J connectivity index is 2.29. The minimum Gasteiger partial charge on any atom is -0.507 e. The van der Waals surface area contributed by atoms with Gasteiger partial charge >= 0.3 is 0 Å². The number of phenols is 1. The minimum atomic E-state index is 0.312. The monoisotopic (exact) mass is 210 g/mol. The van der Waals surface area contributed by atoms with Gasteiger partial charge in [0.05, 0.1) is 0 Å². The fourth-order valence-corrected chi connectivity index (χ4v) is 1.58. The molecule has 0 aliphatic heterocycles. The third-order valence-electron chi connectivity index (χ3n) is 2.57. The zero-order valence-corrected chi connectivity index (χ0v) is 9.22. The number of aromatic hydroxyl groups is 1. The van der Waals surface area contributed by atoms with Crippen molar-refractivity contribution in [3.63, 3.8) is 0 Å². The first-order valence-corrected chi connectivity index (χ1v) is 5.29. The molecule has 2 rings (SSSR count). The Morgan fingerprint density at radius 1 is 0.812 bits per heavy atom. The van der Waals surface area contributed by atoms with Gasteiger partial charge in [-0.05, 0) is 24.1 Å². The van der Waals surface area contributed by atoms with E-state index in [4.69, 9.17) is 0 Å². The summed E-state index contributed by atoms with van der Waals surface area (Å²) >= 11 is 0. The number of hydrogen-bond acceptors (Lipinski definition) is 1. The summed E-state index contributed by atoms with van der Waals surface area (Å²) in [5.74, 6) is 0.312. The van der Waals surface area contributed by atoms with Crippen molar-refractivity contribution >= 4 is 12.2 Å². The molecule has 0 radical (unpaired) electrons. The van der Waals surface area contributed by atoms with Gasteiger partial charge in [-0.2, -0.15) is 0 Å². The second kappa shape index (κ2) is 4.67. The van der Waals surface area contributed by atoms with Crippen molar-refractivity contribution < 1.29 is 5.11 Å². The first-order valence-electron chi connectivity index (χ1n) is 5.29. The average molecular weight is 210 g/mol. The largest absolute Gasteiger partial charge is 0.507 e. The van der Waals surface area contributed by atoms with E-state index in [0.717, 1.165) is 5.56 Å². The second-order valence-corrected chi connectivity index (χ2v) is 3.75. The number of phenolic OH excluding ortho intramolecular Hbond substituents is 1. The zero-order chi connectivity index (χ0) is 11.4. The molecule has 0 amide bonds. The molecule has 0 fully saturated rings. The van der Waals surface area contributed by atoms with E-state index in [1.165, 1.54) is 11.1 Å². The molecule has 0 aliphatic rings. The van der Waals surface area contributed by atoms with Gasteiger partial charge < -0.3 is 5.11 Å². The van der Waals surface area contributed by atoms with Crippen LogP contribution in [-0.2, 0) is 0 Å². The van der Waals surface area contributed by atoms with Gasteiger partial charge in [0.1, 0.15) is 5.75 Å². The van der Waals surface area contributed by atoms with Crippen LogP contribution in [0.1, 0.15) is 16.7 Å². The van der Waals surface area contributed by atoms with Crippen LogP contribution in [0.2, 0.25) is 0 Å². The summed E-state index contributed by atoms with van der Waals surface area (Å²) in [6.07, 6.45) is 3.95. The van der Waals surface area contributed by atoms with Gasteiger partial charge in [0.2, 0.25) is 0 Å². The molecular weight excluding hydrogens is 196 g/mol. The van der Waals surface area contributed by atoms with Crippen molar-refractivity contribution in [1.82, 2.24) is 0 Å². The summed E-state index contributed by atoms with van der Waals surface area (Å²) in [5, 5.41) is 9.61. The summed E-state index contributed by atoms with van der Waals surface area (Å²) in [6, 6.07) is 15.5. The third kappa shape index (κ3) is 2.31. The van der Waals surface area contributed by atoms with E-state index in [1.807, 2.05) is 42.5 Å². The van der Waals surface area contributed by atoms with Crippen LogP contribution in [0.4, 0.5) is 0 Å². The Hall–Kier alpha value is -2.02. The van der Waals surface area contributed by atoms with Crippen molar-refractivity contribution in [3.8, 4) is 5.75 Å². The molecule has 0 aliphatic carbocycles. The molecule has 0 atom stereocenters. The summed E-state index contributed by atoms with van der Waals surface area (Å²) in [7, 11) is 0. The first-order chi connectivity index (χ1) is 7.77. The standard InChI is InChI=1S/C15H14O/c1-12-6-2-3-7-13(12)10-11-14-8-4-5-9-15(14)16/h2-11,16H,1H3/b11-10+. The van der Waals surface area contributed by atoms with Crippen molar-refractivity contribution in [2.75, 3.05) is 0 Å². The molecular formula is C15H14O. The lowest BCUT2D eigenvalue weighted by Gasteiger charge is -2.00. The van der Waals surface area contributed by atoms with Crippen LogP contribution >= 0.6 is 0 Å². The van der Waals surface area contributed by atoms with E-state index >= 15 is 0 Å². The van der Waals surface area contributed by atoms with Gasteiger partial charge in [-0.3, -0.25) is 0 Å². The quantitative estimate of drug-likeness (QED) is 0.746. The molecule has 80 valence electrons. The van der Waals surface area contributed by atoms with Gasteiger partial charge in [-0.15, -0.1) is 0 Å². The molecule has 0 unspecified atom stereocenters. The summed E-state index contributed by atoms with van der Waals surface area (Å²) in [5.41, 5.74) is 3.24. The highest BCUT2D eigenvalue weighted by Gasteiger charge is 1.95. The molecule has 2 aromatic rings. The van der Waals surface area contributed by atoms with E-state index in [-0.39, 0.29) is 0 Å². The number of benzene rings is 2. The third-order valence-corrected chi connectivity index (χ3v) is 2.57. The average Bonchev–Trinajstić information content (AvgIpc) is 2.30. The molecule has 0 bridgehead atoms. The minimum absolute atomic E-state index is 0.312. The van der Waals surface area contributed by atoms with E-state index < -0.39 is 0 Å². The summed E-state index contributed by atoms with van der Waals surface area (Å²) in [6.45, 7) is 2.07. The Bertz CT molecular complexity index is 465. The van der Waals surface area contributed by atoms with Crippen molar-refractivity contribution in [2.45, 2.75) is 6.92 Å². The number of para-hydroxylation sites is 1. The van der Waals surface area contributed by atoms with Crippen molar-refractivity contribution in [2.24, 2.45) is 0 Å². The molecule has 0 aromatic heterocycles. The van der Waals surface area contributed by atoms with E-state index in [1.54, 1.807) is 6.07 Å². The van der Waals surface area contributed by atoms with Gasteiger partial charge in [0.25, 0.3) is 0 Å². The molecule has 16 heavy (non-hydrogen) atoms. The summed E-state index contributed by atoms with van der Waals surface area (Å²) in [4.78, 5) is 0. The number of aryl methyl sites for hydroxylation is 1. The molecule has 1 heteroatoms. The highest BCUT2D eigenvalue weighted by molar-refractivity contribution is 5.73. The maximum Gasteiger partial charge on any atom is 0.122 e.